The molecule has 0 unspecified atom stereocenters. The number of nitriles is 1. The quantitative estimate of drug-likeness (QED) is 0.200. The van der Waals surface area contributed by atoms with Gasteiger partial charge < -0.3 is 23.9 Å². The van der Waals surface area contributed by atoms with Crippen LogP contribution in [0.1, 0.15) is 5.56 Å². The molecule has 0 fully saturated rings. The first-order valence-electron chi connectivity index (χ1n) is 16.5. The van der Waals surface area contributed by atoms with Crippen LogP contribution in [0.4, 0.5) is 5.69 Å². The second-order valence-electron chi connectivity index (χ2n) is 12.7. The normalized spacial score (nSPS) is 12.8. The molecule has 0 radical (unpaired) electrons. The Morgan fingerprint density at radius 1 is 0.680 bits per heavy atom. The smallest absolute Gasteiger partial charge is 0.159 e. The monoisotopic (exact) mass is 649 g/mol. The van der Waals surface area contributed by atoms with Crippen molar-refractivity contribution >= 4 is 38.7 Å². The van der Waals surface area contributed by atoms with Crippen molar-refractivity contribution in [1.29, 1.82) is 5.26 Å². The predicted octanol–water partition coefficient (Wildman–Crippen LogP) is 9.90. The lowest BCUT2D eigenvalue weighted by Crippen LogP contribution is -2.21. The number of benzene rings is 6. The third kappa shape index (κ3) is 4.61. The van der Waals surface area contributed by atoms with Gasteiger partial charge in [-0.1, -0.05) is 84.9 Å². The molecule has 0 atom stereocenters. The van der Waals surface area contributed by atoms with Gasteiger partial charge in [-0.2, -0.15) is 5.26 Å². The summed E-state index contributed by atoms with van der Waals surface area (Å²) in [5.74, 6) is 0.874. The van der Waals surface area contributed by atoms with Gasteiger partial charge in [-0.15, -0.1) is 0 Å². The Kier molecular flexibility index (Phi) is 6.71. The van der Waals surface area contributed by atoms with Crippen molar-refractivity contribution in [3.8, 4) is 56.6 Å². The summed E-state index contributed by atoms with van der Waals surface area (Å²) in [6.45, 7) is 0.658. The van der Waals surface area contributed by atoms with Crippen LogP contribution in [0.5, 0.6) is 5.75 Å². The predicted molar refractivity (Wildman–Crippen MR) is 200 cm³/mol. The van der Waals surface area contributed by atoms with Gasteiger partial charge >= 0.3 is 0 Å². The number of phenols is 1. The number of para-hydroxylation sites is 2. The number of imidazole rings is 1. The van der Waals surface area contributed by atoms with E-state index in [4.69, 9.17) is 9.40 Å². The summed E-state index contributed by atoms with van der Waals surface area (Å²) in [5.41, 5.74) is 11.2. The van der Waals surface area contributed by atoms with Crippen LogP contribution in [0.2, 0.25) is 0 Å². The highest BCUT2D eigenvalue weighted by atomic mass is 16.3. The first-order chi connectivity index (χ1) is 24.5. The highest BCUT2D eigenvalue weighted by Gasteiger charge is 2.24. The molecule has 0 bridgehead atoms. The Morgan fingerprint density at radius 3 is 2.18 bits per heavy atom. The van der Waals surface area contributed by atoms with Gasteiger partial charge in [0.25, 0.3) is 0 Å². The number of anilines is 1. The highest BCUT2D eigenvalue weighted by Crippen LogP contribution is 2.44. The maximum absolute atomic E-state index is 10.7. The Balaban J connectivity index is 1.24. The molecular weight excluding hydrogens is 619 g/mol. The average Bonchev–Trinajstić information content (AvgIpc) is 3.86. The largest absolute Gasteiger partial charge is 0.507 e. The van der Waals surface area contributed by atoms with Crippen LogP contribution < -0.4 is 4.90 Å². The zero-order chi connectivity index (χ0) is 33.9. The molecule has 50 heavy (non-hydrogen) atoms. The van der Waals surface area contributed by atoms with Crippen molar-refractivity contribution in [2.45, 2.75) is 0 Å². The van der Waals surface area contributed by atoms with E-state index in [0.717, 1.165) is 66.5 Å². The van der Waals surface area contributed by atoms with Crippen LogP contribution in [-0.4, -0.2) is 33.3 Å². The van der Waals surface area contributed by atoms with E-state index in [0.29, 0.717) is 29.2 Å². The van der Waals surface area contributed by atoms with Crippen molar-refractivity contribution in [2.75, 3.05) is 18.6 Å². The van der Waals surface area contributed by atoms with Crippen molar-refractivity contribution < 1.29 is 9.52 Å². The van der Waals surface area contributed by atoms with E-state index in [1.807, 2.05) is 85.7 Å². The number of furan rings is 1. The van der Waals surface area contributed by atoms with Gasteiger partial charge in [0.15, 0.2) is 11.2 Å². The summed E-state index contributed by atoms with van der Waals surface area (Å²) < 4.78 is 8.74. The van der Waals surface area contributed by atoms with Crippen molar-refractivity contribution in [1.82, 2.24) is 14.5 Å². The molecule has 6 aromatic carbocycles. The molecule has 0 spiro atoms. The number of rotatable bonds is 5. The second-order valence-corrected chi connectivity index (χ2v) is 12.7. The van der Waals surface area contributed by atoms with Crippen LogP contribution in [0.25, 0.3) is 77.7 Å². The number of hydrogen-bond donors (Lipinski definition) is 1. The fraction of sp³-hybridized carbons (Fsp3) is 0.0698. The summed E-state index contributed by atoms with van der Waals surface area (Å²) in [7, 11) is 4.01. The summed E-state index contributed by atoms with van der Waals surface area (Å²) in [5, 5.41) is 23.0. The van der Waals surface area contributed by atoms with E-state index in [1.54, 1.807) is 6.07 Å². The Bertz CT molecular complexity index is 2680. The molecule has 7 nitrogen and oxygen atoms in total. The lowest BCUT2D eigenvalue weighted by atomic mass is 9.95. The summed E-state index contributed by atoms with van der Waals surface area (Å²) in [4.78, 5) is 9.36. The van der Waals surface area contributed by atoms with Crippen LogP contribution in [-0.2, 0) is 7.05 Å². The SMILES string of the molecule is CN1C=CN(c2cc(-c3cccc4c3nc(-c3ccccc3O)n4C)cc3c2oc2c(C#N)c(-c4ccc(-c5ccccc5)cc4)ccc23)C1. The Labute approximate surface area is 288 Å². The topological polar surface area (TPSA) is 81.5 Å². The van der Waals surface area contributed by atoms with Gasteiger partial charge in [-0.25, -0.2) is 4.98 Å². The number of fused-ring (bicyclic) bond motifs is 4. The van der Waals surface area contributed by atoms with Gasteiger partial charge in [0.2, 0.25) is 0 Å². The molecule has 0 aliphatic carbocycles. The minimum atomic E-state index is 0.186. The van der Waals surface area contributed by atoms with Crippen LogP contribution >= 0.6 is 0 Å². The maximum Gasteiger partial charge on any atom is 0.159 e. The molecule has 0 saturated carbocycles. The van der Waals surface area contributed by atoms with Crippen molar-refractivity contribution in [3.63, 3.8) is 0 Å². The van der Waals surface area contributed by atoms with Gasteiger partial charge in [-0.3, -0.25) is 0 Å². The zero-order valence-electron chi connectivity index (χ0n) is 27.5. The standard InChI is InChI=1S/C43H31N5O2/c1-46-21-22-48(26-46)38-24-30(32-12-8-13-37-40(32)45-43(47(37)2)34-11-6-7-14-39(34)49)23-35-33-20-19-31(36(25-44)41(33)50-42(35)38)29-17-15-28(16-18-29)27-9-4-3-5-10-27/h3-24,49H,26H2,1-2H3. The first kappa shape index (κ1) is 29.4. The van der Waals surface area contributed by atoms with Gasteiger partial charge in [0.05, 0.1) is 29.0 Å². The molecule has 240 valence electrons. The summed E-state index contributed by atoms with van der Waals surface area (Å²) >= 11 is 0. The first-order valence-corrected chi connectivity index (χ1v) is 16.5. The number of aromatic hydroxyl groups is 1. The van der Waals surface area contributed by atoms with E-state index in [2.05, 4.69) is 76.5 Å². The highest BCUT2D eigenvalue weighted by molar-refractivity contribution is 6.14. The third-order valence-electron chi connectivity index (χ3n) is 9.69. The third-order valence-corrected chi connectivity index (χ3v) is 9.69. The molecule has 1 N–H and O–H groups in total. The molecule has 3 heterocycles. The number of aryl methyl sites for hydroxylation is 1. The van der Waals surface area contributed by atoms with Crippen molar-refractivity contribution in [2.24, 2.45) is 7.05 Å². The van der Waals surface area contributed by atoms with Gasteiger partial charge in [0.1, 0.15) is 23.2 Å². The number of hydrogen-bond acceptors (Lipinski definition) is 6. The van der Waals surface area contributed by atoms with Crippen LogP contribution in [0, 0.1) is 11.3 Å². The molecule has 9 rings (SSSR count). The van der Waals surface area contributed by atoms with Crippen molar-refractivity contribution in [3.05, 3.63) is 139 Å². The minimum absolute atomic E-state index is 0.186. The van der Waals surface area contributed by atoms with E-state index in [1.165, 1.54) is 0 Å². The van der Waals surface area contributed by atoms with Gasteiger partial charge in [-0.05, 0) is 58.7 Å². The lowest BCUT2D eigenvalue weighted by molar-refractivity contribution is 0.476. The maximum atomic E-state index is 10.7. The van der Waals surface area contributed by atoms with E-state index >= 15 is 0 Å². The molecule has 2 aromatic heterocycles. The molecule has 0 saturated heterocycles. The molecule has 1 aliphatic heterocycles. The minimum Gasteiger partial charge on any atom is -0.507 e. The molecular formula is C43H31N5O2. The molecule has 8 aromatic rings. The average molecular weight is 650 g/mol. The lowest BCUT2D eigenvalue weighted by Gasteiger charge is -2.19. The zero-order valence-corrected chi connectivity index (χ0v) is 27.5. The Hall–Kier alpha value is -6.78. The fourth-order valence-electron chi connectivity index (χ4n) is 7.15. The second kappa shape index (κ2) is 11.4. The fourth-order valence-corrected chi connectivity index (χ4v) is 7.15. The number of nitrogens with zero attached hydrogens (tertiary/aromatic N) is 5. The number of aromatic nitrogens is 2. The summed E-state index contributed by atoms with van der Waals surface area (Å²) in [6, 6.07) is 42.9. The summed E-state index contributed by atoms with van der Waals surface area (Å²) in [6.07, 6.45) is 4.09. The molecule has 1 aliphatic rings. The Morgan fingerprint density at radius 2 is 1.42 bits per heavy atom. The van der Waals surface area contributed by atoms with E-state index in [9.17, 15) is 10.4 Å². The molecule has 7 heteroatoms. The van der Waals surface area contributed by atoms with Crippen LogP contribution in [0.15, 0.2) is 138 Å². The number of phenolic OH excluding ortho intramolecular Hbond substituents is 1. The van der Waals surface area contributed by atoms with E-state index < -0.39 is 0 Å². The van der Waals surface area contributed by atoms with Crippen LogP contribution in [0.3, 0.4) is 0 Å². The van der Waals surface area contributed by atoms with E-state index in [-0.39, 0.29) is 5.75 Å². The van der Waals surface area contributed by atoms with Gasteiger partial charge in [0, 0.05) is 48.4 Å². The molecule has 0 amide bonds.